The highest BCUT2D eigenvalue weighted by molar-refractivity contribution is 6.03. The number of nitrogens with zero attached hydrogens (tertiary/aromatic N) is 5. The van der Waals surface area contributed by atoms with Gasteiger partial charge in [0.1, 0.15) is 23.7 Å². The van der Waals surface area contributed by atoms with Crippen LogP contribution in [0.25, 0.3) is 0 Å². The molecule has 1 N–H and O–H groups in total. The number of methoxy groups -OCH3 is 1. The van der Waals surface area contributed by atoms with Crippen LogP contribution in [0.2, 0.25) is 0 Å². The number of aromatic nitrogens is 5. The van der Waals surface area contributed by atoms with Gasteiger partial charge in [0.2, 0.25) is 5.88 Å². The molecule has 160 valence electrons. The number of hydrogen-bond donors (Lipinski definition) is 1. The standard InChI is InChI=1S/C22H24N6O3/c1-28-13-23-27-18(28)10-22(11-31-12-22)15-4-3-5-16(8-15)24-21(29)17-9-19(30-2)26-20(25-17)14-6-7-14/h3-5,8-9,13-14H,6-7,10-12H2,1-2H3,(H,24,29). The molecule has 1 aromatic carbocycles. The van der Waals surface area contributed by atoms with Crippen LogP contribution in [-0.4, -0.2) is 51.0 Å². The van der Waals surface area contributed by atoms with E-state index < -0.39 is 0 Å². The summed E-state index contributed by atoms with van der Waals surface area (Å²) < 4.78 is 12.7. The van der Waals surface area contributed by atoms with E-state index in [4.69, 9.17) is 9.47 Å². The Morgan fingerprint density at radius 1 is 1.29 bits per heavy atom. The van der Waals surface area contributed by atoms with Gasteiger partial charge in [0, 0.05) is 36.6 Å². The largest absolute Gasteiger partial charge is 0.481 e. The molecule has 3 aromatic rings. The molecule has 1 amide bonds. The van der Waals surface area contributed by atoms with E-state index >= 15 is 0 Å². The topological polar surface area (TPSA) is 104 Å². The van der Waals surface area contributed by atoms with Crippen LogP contribution in [0.15, 0.2) is 36.7 Å². The highest BCUT2D eigenvalue weighted by Gasteiger charge is 2.41. The summed E-state index contributed by atoms with van der Waals surface area (Å²) in [6.45, 7) is 1.20. The van der Waals surface area contributed by atoms with Crippen LogP contribution in [0.4, 0.5) is 5.69 Å². The van der Waals surface area contributed by atoms with Gasteiger partial charge in [0.15, 0.2) is 0 Å². The fourth-order valence-corrected chi connectivity index (χ4v) is 3.80. The molecular formula is C22H24N6O3. The lowest BCUT2D eigenvalue weighted by atomic mass is 9.75. The number of aryl methyl sites for hydroxylation is 1. The summed E-state index contributed by atoms with van der Waals surface area (Å²) in [6, 6.07) is 9.44. The second kappa shape index (κ2) is 7.73. The number of benzene rings is 1. The molecule has 0 bridgehead atoms. The third kappa shape index (κ3) is 3.88. The molecule has 31 heavy (non-hydrogen) atoms. The molecule has 1 aliphatic carbocycles. The average molecular weight is 420 g/mol. The maximum atomic E-state index is 12.9. The van der Waals surface area contributed by atoms with Crippen molar-refractivity contribution in [3.63, 3.8) is 0 Å². The van der Waals surface area contributed by atoms with Gasteiger partial charge in [0.25, 0.3) is 5.91 Å². The Morgan fingerprint density at radius 3 is 2.77 bits per heavy atom. The lowest BCUT2D eigenvalue weighted by Gasteiger charge is -2.41. The SMILES string of the molecule is COc1cc(C(=O)Nc2cccc(C3(Cc4nncn4C)COC3)c2)nc(C2CC2)n1. The number of anilines is 1. The zero-order valence-corrected chi connectivity index (χ0v) is 17.5. The Bertz CT molecular complexity index is 1120. The predicted molar refractivity (Wildman–Crippen MR) is 112 cm³/mol. The maximum Gasteiger partial charge on any atom is 0.274 e. The Balaban J connectivity index is 1.37. The molecule has 5 rings (SSSR count). The molecule has 1 aliphatic heterocycles. The summed E-state index contributed by atoms with van der Waals surface area (Å²) in [4.78, 5) is 21.7. The molecular weight excluding hydrogens is 396 g/mol. The van der Waals surface area contributed by atoms with E-state index in [-0.39, 0.29) is 11.3 Å². The van der Waals surface area contributed by atoms with Crippen molar-refractivity contribution in [3.8, 4) is 5.88 Å². The van der Waals surface area contributed by atoms with Crippen molar-refractivity contribution < 1.29 is 14.3 Å². The van der Waals surface area contributed by atoms with Crippen LogP contribution in [0.3, 0.4) is 0 Å². The van der Waals surface area contributed by atoms with E-state index in [2.05, 4.69) is 31.5 Å². The zero-order valence-electron chi connectivity index (χ0n) is 17.5. The minimum Gasteiger partial charge on any atom is -0.481 e. The fraction of sp³-hybridized carbons (Fsp3) is 0.409. The number of carbonyl (C=O) groups is 1. The normalized spacial score (nSPS) is 17.1. The molecule has 2 aliphatic rings. The van der Waals surface area contributed by atoms with Crippen molar-refractivity contribution in [1.82, 2.24) is 24.7 Å². The number of carbonyl (C=O) groups excluding carboxylic acids is 1. The van der Waals surface area contributed by atoms with Gasteiger partial charge in [-0.1, -0.05) is 12.1 Å². The lowest BCUT2D eigenvalue weighted by molar-refractivity contribution is -0.0610. The van der Waals surface area contributed by atoms with Gasteiger partial charge >= 0.3 is 0 Å². The van der Waals surface area contributed by atoms with Crippen LogP contribution < -0.4 is 10.1 Å². The molecule has 1 saturated heterocycles. The van der Waals surface area contributed by atoms with Gasteiger partial charge in [-0.2, -0.15) is 4.98 Å². The van der Waals surface area contributed by atoms with Crippen molar-refractivity contribution in [2.75, 3.05) is 25.6 Å². The summed E-state index contributed by atoms with van der Waals surface area (Å²) in [6.07, 6.45) is 4.51. The summed E-state index contributed by atoms with van der Waals surface area (Å²) >= 11 is 0. The number of rotatable bonds is 7. The summed E-state index contributed by atoms with van der Waals surface area (Å²) in [7, 11) is 3.48. The predicted octanol–water partition coefficient (Wildman–Crippen LogP) is 2.25. The minimum atomic E-state index is -0.285. The van der Waals surface area contributed by atoms with Crippen molar-refractivity contribution in [2.45, 2.75) is 30.6 Å². The molecule has 0 atom stereocenters. The summed E-state index contributed by atoms with van der Waals surface area (Å²) in [5.41, 5.74) is 1.93. The Labute approximate surface area is 179 Å². The highest BCUT2D eigenvalue weighted by atomic mass is 16.5. The second-order valence-corrected chi connectivity index (χ2v) is 8.27. The Kier molecular flexibility index (Phi) is 4.90. The third-order valence-electron chi connectivity index (χ3n) is 5.90. The summed E-state index contributed by atoms with van der Waals surface area (Å²) in [5.74, 6) is 2.02. The van der Waals surface area contributed by atoms with E-state index in [0.717, 1.165) is 30.7 Å². The fourth-order valence-electron chi connectivity index (χ4n) is 3.80. The number of hydrogen-bond acceptors (Lipinski definition) is 7. The molecule has 0 unspecified atom stereocenters. The first-order valence-electron chi connectivity index (χ1n) is 10.3. The van der Waals surface area contributed by atoms with E-state index in [1.54, 1.807) is 19.5 Å². The lowest BCUT2D eigenvalue weighted by Crippen LogP contribution is -2.49. The van der Waals surface area contributed by atoms with Crippen molar-refractivity contribution in [2.24, 2.45) is 7.05 Å². The molecule has 3 heterocycles. The van der Waals surface area contributed by atoms with Crippen molar-refractivity contribution in [1.29, 1.82) is 0 Å². The van der Waals surface area contributed by atoms with Gasteiger partial charge in [-0.15, -0.1) is 10.2 Å². The average Bonchev–Trinajstić information content (AvgIpc) is 3.53. The van der Waals surface area contributed by atoms with E-state index in [9.17, 15) is 4.79 Å². The quantitative estimate of drug-likeness (QED) is 0.625. The molecule has 9 nitrogen and oxygen atoms in total. The molecule has 9 heteroatoms. The Hall–Kier alpha value is -3.33. The maximum absolute atomic E-state index is 12.9. The third-order valence-corrected chi connectivity index (χ3v) is 5.90. The van der Waals surface area contributed by atoms with E-state index in [1.807, 2.05) is 29.8 Å². The highest BCUT2D eigenvalue weighted by Crippen LogP contribution is 2.39. The van der Waals surface area contributed by atoms with Gasteiger partial charge in [0.05, 0.1) is 20.3 Å². The molecule has 2 fully saturated rings. The Morgan fingerprint density at radius 2 is 2.13 bits per heavy atom. The van der Waals surface area contributed by atoms with Crippen LogP contribution in [-0.2, 0) is 23.6 Å². The second-order valence-electron chi connectivity index (χ2n) is 8.27. The summed E-state index contributed by atoms with van der Waals surface area (Å²) in [5, 5.41) is 11.2. The van der Waals surface area contributed by atoms with Crippen LogP contribution in [0, 0.1) is 0 Å². The van der Waals surface area contributed by atoms with Gasteiger partial charge in [-0.25, -0.2) is 4.98 Å². The molecule has 2 aromatic heterocycles. The van der Waals surface area contributed by atoms with Gasteiger partial charge < -0.3 is 19.4 Å². The van der Waals surface area contributed by atoms with Crippen molar-refractivity contribution in [3.05, 3.63) is 59.6 Å². The first kappa shape index (κ1) is 19.6. The van der Waals surface area contributed by atoms with Crippen LogP contribution in [0.5, 0.6) is 5.88 Å². The van der Waals surface area contributed by atoms with E-state index in [0.29, 0.717) is 42.2 Å². The van der Waals surface area contributed by atoms with E-state index in [1.165, 1.54) is 0 Å². The first-order valence-corrected chi connectivity index (χ1v) is 10.3. The van der Waals surface area contributed by atoms with Crippen LogP contribution >= 0.6 is 0 Å². The number of nitrogens with one attached hydrogen (secondary N) is 1. The molecule has 1 saturated carbocycles. The number of amides is 1. The monoisotopic (exact) mass is 420 g/mol. The zero-order chi connectivity index (χ0) is 21.4. The van der Waals surface area contributed by atoms with Gasteiger partial charge in [-0.05, 0) is 30.5 Å². The van der Waals surface area contributed by atoms with Crippen LogP contribution in [0.1, 0.15) is 46.5 Å². The molecule has 0 radical (unpaired) electrons. The first-order chi connectivity index (χ1) is 15.1. The minimum absolute atomic E-state index is 0.182. The van der Waals surface area contributed by atoms with Gasteiger partial charge in [-0.3, -0.25) is 4.79 Å². The smallest absolute Gasteiger partial charge is 0.274 e. The number of ether oxygens (including phenoxy) is 2. The molecule has 0 spiro atoms. The van der Waals surface area contributed by atoms with Crippen molar-refractivity contribution >= 4 is 11.6 Å².